The molecule has 3 fully saturated rings. The van der Waals surface area contributed by atoms with Crippen molar-refractivity contribution in [2.24, 2.45) is 5.92 Å². The molecule has 1 N–H and O–H groups in total. The molecule has 0 aliphatic carbocycles. The second-order valence-electron chi connectivity index (χ2n) is 7.84. The van der Waals surface area contributed by atoms with E-state index in [2.05, 4.69) is 4.98 Å². The largest absolute Gasteiger partial charge is 0.490 e. The number of pyridine rings is 1. The molecule has 7 nitrogen and oxygen atoms in total. The minimum Gasteiger partial charge on any atom is -0.475 e. The molecule has 4 heterocycles. The van der Waals surface area contributed by atoms with Gasteiger partial charge in [0, 0.05) is 44.2 Å². The van der Waals surface area contributed by atoms with E-state index in [-0.39, 0.29) is 16.8 Å². The third kappa shape index (κ3) is 6.56. The first-order valence-corrected chi connectivity index (χ1v) is 11.0. The van der Waals surface area contributed by atoms with Crippen LogP contribution in [0.2, 0.25) is 0 Å². The second kappa shape index (κ2) is 10.2. The molecule has 0 radical (unpaired) electrons. The Labute approximate surface area is 182 Å². The topological polar surface area (TPSA) is 89.0 Å². The zero-order chi connectivity index (χ0) is 22.5. The molecule has 1 atom stereocenters. The molecule has 1 aromatic rings. The molecule has 172 valence electrons. The number of thioether (sulfide) groups is 1. The molecule has 3 aliphatic heterocycles. The summed E-state index contributed by atoms with van der Waals surface area (Å²) in [4.78, 5) is 27.8. The number of rotatable bonds is 4. The molecule has 0 saturated carbocycles. The van der Waals surface area contributed by atoms with Crippen LogP contribution in [0.5, 0.6) is 0 Å². The van der Waals surface area contributed by atoms with Crippen molar-refractivity contribution in [2.75, 3.05) is 32.1 Å². The molecule has 1 unspecified atom stereocenters. The molecule has 1 aromatic heterocycles. The van der Waals surface area contributed by atoms with Crippen LogP contribution in [0.1, 0.15) is 25.0 Å². The van der Waals surface area contributed by atoms with Gasteiger partial charge >= 0.3 is 12.1 Å². The lowest BCUT2D eigenvalue weighted by Gasteiger charge is -2.48. The number of likely N-dealkylation sites (tertiary alicyclic amines) is 1. The number of carbonyl (C=O) groups excluding carboxylic acids is 1. The first-order valence-electron chi connectivity index (χ1n) is 10.0. The minimum absolute atomic E-state index is 0.179. The molecule has 4 rings (SSSR count). The highest BCUT2D eigenvalue weighted by Crippen LogP contribution is 2.46. The predicted octanol–water partition coefficient (Wildman–Crippen LogP) is 2.74. The van der Waals surface area contributed by atoms with E-state index in [1.54, 1.807) is 6.20 Å². The summed E-state index contributed by atoms with van der Waals surface area (Å²) in [6, 6.07) is 5.90. The summed E-state index contributed by atoms with van der Waals surface area (Å²) in [5.41, 5.74) is 0.980. The lowest BCUT2D eigenvalue weighted by Crippen LogP contribution is -2.62. The van der Waals surface area contributed by atoms with Crippen LogP contribution in [-0.2, 0) is 25.7 Å². The van der Waals surface area contributed by atoms with Crippen LogP contribution in [0.25, 0.3) is 0 Å². The third-order valence-corrected chi connectivity index (χ3v) is 7.03. The Balaban J connectivity index is 0.000000339. The van der Waals surface area contributed by atoms with Gasteiger partial charge in [-0.3, -0.25) is 9.78 Å². The Kier molecular flexibility index (Phi) is 7.82. The van der Waals surface area contributed by atoms with Gasteiger partial charge in [-0.05, 0) is 31.4 Å². The second-order valence-corrected chi connectivity index (χ2v) is 9.32. The van der Waals surface area contributed by atoms with Crippen molar-refractivity contribution >= 4 is 23.6 Å². The molecular formula is C20H25F3N2O5S. The Morgan fingerprint density at radius 1 is 1.29 bits per heavy atom. The lowest BCUT2D eigenvalue weighted by molar-refractivity contribution is -0.192. The van der Waals surface area contributed by atoms with Crippen LogP contribution in [0.4, 0.5) is 13.2 Å². The number of aliphatic carboxylic acids is 1. The summed E-state index contributed by atoms with van der Waals surface area (Å²) in [5.74, 6) is -1.22. The fourth-order valence-electron chi connectivity index (χ4n) is 3.82. The fraction of sp³-hybridized carbons (Fsp3) is 0.650. The number of aromatic nitrogens is 1. The molecule has 1 amide bonds. The first-order chi connectivity index (χ1) is 14.7. The van der Waals surface area contributed by atoms with Crippen LogP contribution in [0.15, 0.2) is 24.4 Å². The first kappa shape index (κ1) is 23.8. The number of carbonyl (C=O) groups is 2. The van der Waals surface area contributed by atoms with Gasteiger partial charge in [0.05, 0.1) is 23.2 Å². The summed E-state index contributed by atoms with van der Waals surface area (Å²) in [6.07, 6.45) is -0.203. The van der Waals surface area contributed by atoms with E-state index < -0.39 is 12.1 Å². The van der Waals surface area contributed by atoms with Gasteiger partial charge in [-0.15, -0.1) is 11.8 Å². The number of nitrogens with zero attached hydrogens (tertiary/aromatic N) is 2. The van der Waals surface area contributed by atoms with E-state index in [4.69, 9.17) is 19.4 Å². The SMILES string of the molecule is O=C(C1CCOCC1)N1CC2(CC(OCc3ccccn3)CS2)C1.O=C(O)C(F)(F)F. The van der Waals surface area contributed by atoms with Gasteiger partial charge in [0.15, 0.2) is 0 Å². The van der Waals surface area contributed by atoms with E-state index in [1.807, 2.05) is 34.9 Å². The van der Waals surface area contributed by atoms with E-state index in [0.29, 0.717) is 12.5 Å². The zero-order valence-corrected chi connectivity index (χ0v) is 17.7. The number of hydrogen-bond acceptors (Lipinski definition) is 6. The van der Waals surface area contributed by atoms with Crippen LogP contribution in [0.3, 0.4) is 0 Å². The standard InChI is InChI=1S/C18H24N2O3S.C2HF3O2/c21-17(14-4-7-22-8-5-14)20-12-18(13-20)9-16(11-24-18)23-10-15-3-1-2-6-19-15;3-2(4,5)1(6)7/h1-3,6,14,16H,4-5,7-13H2;(H,6,7). The number of halogens is 3. The van der Waals surface area contributed by atoms with Crippen molar-refractivity contribution in [1.29, 1.82) is 0 Å². The average Bonchev–Trinajstić information content (AvgIpc) is 3.17. The maximum Gasteiger partial charge on any atom is 0.490 e. The Bertz CT molecular complexity index is 753. The lowest BCUT2D eigenvalue weighted by atomic mass is 9.89. The van der Waals surface area contributed by atoms with Gasteiger partial charge in [0.25, 0.3) is 0 Å². The molecule has 3 saturated heterocycles. The average molecular weight is 462 g/mol. The van der Waals surface area contributed by atoms with Crippen LogP contribution in [0, 0.1) is 5.92 Å². The van der Waals surface area contributed by atoms with E-state index in [0.717, 1.165) is 57.0 Å². The summed E-state index contributed by atoms with van der Waals surface area (Å²) >= 11 is 1.98. The van der Waals surface area contributed by atoms with Crippen molar-refractivity contribution in [3.05, 3.63) is 30.1 Å². The molecule has 1 spiro atoms. The van der Waals surface area contributed by atoms with Gasteiger partial charge in [-0.2, -0.15) is 13.2 Å². The van der Waals surface area contributed by atoms with Crippen molar-refractivity contribution < 1.29 is 37.3 Å². The van der Waals surface area contributed by atoms with Gasteiger partial charge in [-0.25, -0.2) is 4.79 Å². The predicted molar refractivity (Wildman–Crippen MR) is 106 cm³/mol. The van der Waals surface area contributed by atoms with Crippen molar-refractivity contribution in [2.45, 2.75) is 42.9 Å². The van der Waals surface area contributed by atoms with E-state index in [9.17, 15) is 18.0 Å². The summed E-state index contributed by atoms with van der Waals surface area (Å²) in [6.45, 7) is 3.81. The fourth-order valence-corrected chi connectivity index (χ4v) is 5.38. The summed E-state index contributed by atoms with van der Waals surface area (Å²) in [5, 5.41) is 7.12. The number of hydrogen-bond donors (Lipinski definition) is 1. The molecular weight excluding hydrogens is 437 g/mol. The number of amides is 1. The quantitative estimate of drug-likeness (QED) is 0.736. The molecule has 11 heteroatoms. The van der Waals surface area contributed by atoms with E-state index in [1.165, 1.54) is 0 Å². The van der Waals surface area contributed by atoms with Crippen LogP contribution in [-0.4, -0.2) is 76.0 Å². The Hall–Kier alpha value is -1.85. The maximum absolute atomic E-state index is 12.5. The minimum atomic E-state index is -5.08. The normalized spacial score (nSPS) is 23.1. The highest BCUT2D eigenvalue weighted by Gasteiger charge is 2.51. The molecule has 0 aromatic carbocycles. The Morgan fingerprint density at radius 2 is 1.97 bits per heavy atom. The van der Waals surface area contributed by atoms with E-state index >= 15 is 0 Å². The van der Waals surface area contributed by atoms with Crippen molar-refractivity contribution in [3.8, 4) is 0 Å². The molecule has 31 heavy (non-hydrogen) atoms. The summed E-state index contributed by atoms with van der Waals surface area (Å²) < 4.78 is 43.4. The van der Waals surface area contributed by atoms with Gasteiger partial charge in [0.2, 0.25) is 5.91 Å². The number of ether oxygens (including phenoxy) is 2. The molecule has 0 bridgehead atoms. The summed E-state index contributed by atoms with van der Waals surface area (Å²) in [7, 11) is 0. The zero-order valence-electron chi connectivity index (χ0n) is 16.8. The smallest absolute Gasteiger partial charge is 0.475 e. The highest BCUT2D eigenvalue weighted by molar-refractivity contribution is 8.01. The van der Waals surface area contributed by atoms with Gasteiger partial charge < -0.3 is 19.5 Å². The maximum atomic E-state index is 12.5. The van der Waals surface area contributed by atoms with Gasteiger partial charge in [-0.1, -0.05) is 6.07 Å². The van der Waals surface area contributed by atoms with Gasteiger partial charge in [0.1, 0.15) is 0 Å². The van der Waals surface area contributed by atoms with Crippen molar-refractivity contribution in [3.63, 3.8) is 0 Å². The highest BCUT2D eigenvalue weighted by atomic mass is 32.2. The van der Waals surface area contributed by atoms with Crippen LogP contribution < -0.4 is 0 Å². The van der Waals surface area contributed by atoms with Crippen molar-refractivity contribution in [1.82, 2.24) is 9.88 Å². The monoisotopic (exact) mass is 462 g/mol. The number of carboxylic acid groups (broad SMARTS) is 1. The molecule has 3 aliphatic rings. The number of alkyl halides is 3. The Morgan fingerprint density at radius 3 is 2.55 bits per heavy atom. The third-order valence-electron chi connectivity index (χ3n) is 5.45. The number of carboxylic acids is 1. The van der Waals surface area contributed by atoms with Crippen LogP contribution >= 0.6 is 11.8 Å².